The summed E-state index contributed by atoms with van der Waals surface area (Å²) in [6.45, 7) is 5.46. The van der Waals surface area contributed by atoms with E-state index in [9.17, 15) is 18.0 Å². The van der Waals surface area contributed by atoms with Crippen molar-refractivity contribution < 1.29 is 18.0 Å². The molecule has 38 heavy (non-hydrogen) atoms. The number of nitrogens with one attached hydrogen (secondary N) is 1. The molecule has 0 bridgehead atoms. The lowest BCUT2D eigenvalue weighted by Crippen LogP contribution is -2.51. The quantitative estimate of drug-likeness (QED) is 0.330. The Bertz CT molecular complexity index is 1360. The Hall–Kier alpha value is -3.07. The van der Waals surface area contributed by atoms with Gasteiger partial charge in [-0.05, 0) is 79.9 Å². The SMILES string of the molecule is CCCNC(=O)[C@H](C)N(Cc1ccc(Cl)cc1)C(=O)CN(c1cccc(C)c1)S(=O)(=O)c1ccc(Cl)cc1. The Balaban J connectivity index is 2.01. The van der Waals surface area contributed by atoms with E-state index in [4.69, 9.17) is 23.2 Å². The molecular formula is C28H31Cl2N3O4S. The van der Waals surface area contributed by atoms with Gasteiger partial charge in [0, 0.05) is 23.1 Å². The first kappa shape index (κ1) is 29.5. The first-order valence-corrected chi connectivity index (χ1v) is 14.4. The Kier molecular flexibility index (Phi) is 10.2. The first-order chi connectivity index (χ1) is 18.0. The van der Waals surface area contributed by atoms with E-state index in [1.807, 2.05) is 19.9 Å². The van der Waals surface area contributed by atoms with Gasteiger partial charge in [0.25, 0.3) is 10.0 Å². The van der Waals surface area contributed by atoms with Crippen molar-refractivity contribution in [3.63, 3.8) is 0 Å². The second-order valence-electron chi connectivity index (χ2n) is 8.92. The molecule has 3 aromatic carbocycles. The molecule has 10 heteroatoms. The van der Waals surface area contributed by atoms with Gasteiger partial charge in [0.15, 0.2) is 0 Å². The average molecular weight is 577 g/mol. The lowest BCUT2D eigenvalue weighted by molar-refractivity contribution is -0.139. The molecule has 0 saturated heterocycles. The zero-order valence-corrected chi connectivity index (χ0v) is 23.9. The molecule has 0 unspecified atom stereocenters. The molecule has 2 amide bonds. The summed E-state index contributed by atoms with van der Waals surface area (Å²) < 4.78 is 28.6. The normalized spacial score (nSPS) is 12.0. The number of hydrogen-bond acceptors (Lipinski definition) is 4. The Morgan fingerprint density at radius 2 is 1.55 bits per heavy atom. The van der Waals surface area contributed by atoms with Crippen LogP contribution in [0.4, 0.5) is 5.69 Å². The van der Waals surface area contributed by atoms with Crippen LogP contribution < -0.4 is 9.62 Å². The third kappa shape index (κ3) is 7.49. The van der Waals surface area contributed by atoms with Crippen molar-refractivity contribution >= 4 is 50.7 Å². The van der Waals surface area contributed by atoms with Crippen LogP contribution in [-0.4, -0.2) is 44.3 Å². The van der Waals surface area contributed by atoms with Gasteiger partial charge >= 0.3 is 0 Å². The fraction of sp³-hybridized carbons (Fsp3) is 0.286. The molecule has 7 nitrogen and oxygen atoms in total. The van der Waals surface area contributed by atoms with Crippen LogP contribution in [0, 0.1) is 6.92 Å². The summed E-state index contributed by atoms with van der Waals surface area (Å²) in [7, 11) is -4.15. The molecule has 0 aromatic heterocycles. The van der Waals surface area contributed by atoms with Gasteiger partial charge in [-0.3, -0.25) is 13.9 Å². The van der Waals surface area contributed by atoms with Crippen LogP contribution in [0.25, 0.3) is 0 Å². The summed E-state index contributed by atoms with van der Waals surface area (Å²) in [5.41, 5.74) is 1.92. The first-order valence-electron chi connectivity index (χ1n) is 12.2. The summed E-state index contributed by atoms with van der Waals surface area (Å²) in [5, 5.41) is 3.75. The minimum atomic E-state index is -4.15. The molecule has 3 aromatic rings. The van der Waals surface area contributed by atoms with Gasteiger partial charge in [-0.2, -0.15) is 0 Å². The highest BCUT2D eigenvalue weighted by Gasteiger charge is 2.32. The molecule has 0 heterocycles. The van der Waals surface area contributed by atoms with Crippen LogP contribution >= 0.6 is 23.2 Å². The van der Waals surface area contributed by atoms with Crippen molar-refractivity contribution in [2.75, 3.05) is 17.4 Å². The number of hydrogen-bond donors (Lipinski definition) is 1. The van der Waals surface area contributed by atoms with E-state index in [1.54, 1.807) is 49.4 Å². The minimum Gasteiger partial charge on any atom is -0.354 e. The molecule has 1 atom stereocenters. The van der Waals surface area contributed by atoms with Gasteiger partial charge < -0.3 is 10.2 Å². The number of sulfonamides is 1. The van der Waals surface area contributed by atoms with Crippen LogP contribution in [0.15, 0.2) is 77.7 Å². The molecule has 0 spiro atoms. The van der Waals surface area contributed by atoms with Crippen LogP contribution in [0.5, 0.6) is 0 Å². The van der Waals surface area contributed by atoms with E-state index >= 15 is 0 Å². The maximum Gasteiger partial charge on any atom is 0.264 e. The predicted octanol–water partition coefficient (Wildman–Crippen LogP) is 5.44. The van der Waals surface area contributed by atoms with Gasteiger partial charge in [-0.1, -0.05) is 54.4 Å². The van der Waals surface area contributed by atoms with E-state index in [2.05, 4.69) is 5.32 Å². The zero-order valence-electron chi connectivity index (χ0n) is 21.5. The molecule has 3 rings (SSSR count). The summed E-state index contributed by atoms with van der Waals surface area (Å²) >= 11 is 12.0. The van der Waals surface area contributed by atoms with E-state index in [-0.39, 0.29) is 17.3 Å². The average Bonchev–Trinajstić information content (AvgIpc) is 2.89. The smallest absolute Gasteiger partial charge is 0.264 e. The summed E-state index contributed by atoms with van der Waals surface area (Å²) in [5.74, 6) is -0.852. The van der Waals surface area contributed by atoms with E-state index in [0.717, 1.165) is 21.9 Å². The molecule has 0 aliphatic heterocycles. The largest absolute Gasteiger partial charge is 0.354 e. The van der Waals surface area contributed by atoms with Crippen molar-refractivity contribution in [1.29, 1.82) is 0 Å². The molecule has 1 N–H and O–H groups in total. The number of carbonyl (C=O) groups is 2. The van der Waals surface area contributed by atoms with Crippen LogP contribution in [0.3, 0.4) is 0 Å². The fourth-order valence-corrected chi connectivity index (χ4v) is 5.47. The third-order valence-electron chi connectivity index (χ3n) is 5.95. The number of carbonyl (C=O) groups excluding carboxylic acids is 2. The number of nitrogens with zero attached hydrogens (tertiary/aromatic N) is 2. The van der Waals surface area contributed by atoms with Gasteiger partial charge in [-0.15, -0.1) is 0 Å². The Morgan fingerprint density at radius 3 is 2.13 bits per heavy atom. The van der Waals surface area contributed by atoms with Crippen molar-refractivity contribution in [3.8, 4) is 0 Å². The Morgan fingerprint density at radius 1 is 0.947 bits per heavy atom. The monoisotopic (exact) mass is 575 g/mol. The van der Waals surface area contributed by atoms with Crippen molar-refractivity contribution in [3.05, 3.63) is 94.0 Å². The summed E-state index contributed by atoms with van der Waals surface area (Å²) in [4.78, 5) is 28.1. The van der Waals surface area contributed by atoms with Gasteiger partial charge in [-0.25, -0.2) is 8.42 Å². The maximum absolute atomic E-state index is 13.8. The third-order valence-corrected chi connectivity index (χ3v) is 8.24. The number of anilines is 1. The highest BCUT2D eigenvalue weighted by Crippen LogP contribution is 2.26. The minimum absolute atomic E-state index is 0.00538. The second kappa shape index (κ2) is 13.1. The molecular weight excluding hydrogens is 545 g/mol. The van der Waals surface area contributed by atoms with Gasteiger partial charge in [0.2, 0.25) is 11.8 Å². The molecule has 0 aliphatic rings. The van der Waals surface area contributed by atoms with Crippen LogP contribution in [0.2, 0.25) is 10.0 Å². The summed E-state index contributed by atoms with van der Waals surface area (Å²) in [6.07, 6.45) is 0.740. The van der Waals surface area contributed by atoms with Crippen molar-refractivity contribution in [2.45, 2.75) is 44.7 Å². The zero-order chi connectivity index (χ0) is 27.9. The van der Waals surface area contributed by atoms with E-state index in [0.29, 0.717) is 22.3 Å². The number of aryl methyl sites for hydroxylation is 1. The van der Waals surface area contributed by atoms with E-state index < -0.39 is 28.5 Å². The molecule has 0 saturated carbocycles. The number of benzene rings is 3. The molecule has 0 radical (unpaired) electrons. The lowest BCUT2D eigenvalue weighted by atomic mass is 10.1. The standard InChI is InChI=1S/C28H31Cl2N3O4S/c1-4-16-31-28(35)21(3)32(18-22-8-10-23(29)11-9-22)27(34)19-33(25-7-5-6-20(2)17-25)38(36,37)26-14-12-24(30)13-15-26/h5-15,17,21H,4,16,18-19H2,1-3H3,(H,31,35)/t21-/m0/s1. The van der Waals surface area contributed by atoms with Crippen LogP contribution in [-0.2, 0) is 26.2 Å². The second-order valence-corrected chi connectivity index (χ2v) is 11.7. The fourth-order valence-electron chi connectivity index (χ4n) is 3.81. The maximum atomic E-state index is 13.8. The number of rotatable bonds is 11. The van der Waals surface area contributed by atoms with E-state index in [1.165, 1.54) is 29.2 Å². The van der Waals surface area contributed by atoms with Gasteiger partial charge in [0.1, 0.15) is 12.6 Å². The Labute approximate surface area is 234 Å². The molecule has 0 aliphatic carbocycles. The number of amides is 2. The van der Waals surface area contributed by atoms with Crippen molar-refractivity contribution in [2.24, 2.45) is 0 Å². The predicted molar refractivity (Wildman–Crippen MR) is 152 cm³/mol. The summed E-state index contributed by atoms with van der Waals surface area (Å²) in [6, 6.07) is 18.8. The topological polar surface area (TPSA) is 86.8 Å². The number of halogens is 2. The highest BCUT2D eigenvalue weighted by molar-refractivity contribution is 7.92. The van der Waals surface area contributed by atoms with Crippen molar-refractivity contribution in [1.82, 2.24) is 10.2 Å². The molecule has 202 valence electrons. The highest BCUT2D eigenvalue weighted by atomic mass is 35.5. The van der Waals surface area contributed by atoms with Crippen LogP contribution in [0.1, 0.15) is 31.4 Å². The lowest BCUT2D eigenvalue weighted by Gasteiger charge is -2.32. The molecule has 0 fully saturated rings. The van der Waals surface area contributed by atoms with Gasteiger partial charge in [0.05, 0.1) is 10.6 Å².